The molecule has 1 saturated heterocycles. The molecule has 1 unspecified atom stereocenters. The summed E-state index contributed by atoms with van der Waals surface area (Å²) in [5.74, 6) is -0.169. The number of aromatic nitrogens is 2. The fourth-order valence-electron chi connectivity index (χ4n) is 3.10. The monoisotopic (exact) mass is 348 g/mol. The Hall–Kier alpha value is -1.93. The lowest BCUT2D eigenvalue weighted by atomic mass is 10.3. The second-order valence-corrected chi connectivity index (χ2v) is 8.67. The van der Waals surface area contributed by atoms with Gasteiger partial charge in [0.15, 0.2) is 0 Å². The molecule has 2 aromatic heterocycles. The van der Waals surface area contributed by atoms with Gasteiger partial charge in [0.1, 0.15) is 11.3 Å². The van der Waals surface area contributed by atoms with Gasteiger partial charge < -0.3 is 4.90 Å². The van der Waals surface area contributed by atoms with Gasteiger partial charge in [-0.05, 0) is 37.8 Å². The van der Waals surface area contributed by atoms with Crippen LogP contribution in [0.4, 0.5) is 0 Å². The zero-order valence-electron chi connectivity index (χ0n) is 13.5. The first-order valence-corrected chi connectivity index (χ1v) is 9.73. The number of carbonyl (C=O) groups is 1. The number of sulfonamides is 1. The number of nitrogens with one attached hydrogen (secondary N) is 1. The number of aryl methyl sites for hydroxylation is 1. The molecule has 1 aliphatic carbocycles. The lowest BCUT2D eigenvalue weighted by Crippen LogP contribution is -2.38. The molecule has 0 aromatic carbocycles. The average molecular weight is 348 g/mol. The molecule has 2 fully saturated rings. The Balaban J connectivity index is 1.53. The predicted molar refractivity (Wildman–Crippen MR) is 89.3 cm³/mol. The largest absolute Gasteiger partial charge is 0.336 e. The van der Waals surface area contributed by atoms with E-state index in [1.807, 2.05) is 25.3 Å². The third-order valence-electron chi connectivity index (χ3n) is 4.65. The maximum absolute atomic E-state index is 12.8. The van der Waals surface area contributed by atoms with Gasteiger partial charge >= 0.3 is 0 Å². The highest BCUT2D eigenvalue weighted by molar-refractivity contribution is 7.90. The minimum Gasteiger partial charge on any atom is -0.336 e. The van der Waals surface area contributed by atoms with E-state index in [9.17, 15) is 13.2 Å². The van der Waals surface area contributed by atoms with Gasteiger partial charge in [0.2, 0.25) is 10.0 Å². The summed E-state index contributed by atoms with van der Waals surface area (Å²) in [7, 11) is -3.35. The Morgan fingerprint density at radius 3 is 2.83 bits per heavy atom. The molecule has 1 saturated carbocycles. The third kappa shape index (κ3) is 2.80. The number of imidazole rings is 1. The van der Waals surface area contributed by atoms with Crippen LogP contribution >= 0.6 is 0 Å². The molecule has 1 N–H and O–H groups in total. The summed E-state index contributed by atoms with van der Waals surface area (Å²) in [5.41, 5.74) is 2.22. The summed E-state index contributed by atoms with van der Waals surface area (Å²) >= 11 is 0. The topological polar surface area (TPSA) is 83.8 Å². The first kappa shape index (κ1) is 15.6. The van der Waals surface area contributed by atoms with Crippen LogP contribution in [0.15, 0.2) is 24.5 Å². The van der Waals surface area contributed by atoms with E-state index in [1.165, 1.54) is 0 Å². The zero-order valence-corrected chi connectivity index (χ0v) is 14.3. The molecule has 2 aliphatic rings. The quantitative estimate of drug-likeness (QED) is 0.891. The highest BCUT2D eigenvalue weighted by atomic mass is 32.2. The number of hydrogen-bond donors (Lipinski definition) is 1. The van der Waals surface area contributed by atoms with Crippen molar-refractivity contribution in [3.05, 3.63) is 35.8 Å². The minimum atomic E-state index is -3.35. The van der Waals surface area contributed by atoms with Crippen LogP contribution in [-0.4, -0.2) is 53.0 Å². The van der Waals surface area contributed by atoms with Crippen LogP contribution in [0.2, 0.25) is 0 Å². The molecule has 4 rings (SSSR count). The Labute approximate surface area is 140 Å². The maximum Gasteiger partial charge on any atom is 0.272 e. The predicted octanol–water partition coefficient (Wildman–Crippen LogP) is 0.939. The lowest BCUT2D eigenvalue weighted by Gasteiger charge is -2.16. The Bertz CT molecular complexity index is 901. The second kappa shape index (κ2) is 5.56. The van der Waals surface area contributed by atoms with Crippen LogP contribution < -0.4 is 4.72 Å². The zero-order chi connectivity index (χ0) is 16.9. The summed E-state index contributed by atoms with van der Waals surface area (Å²) in [6, 6.07) is 3.91. The van der Waals surface area contributed by atoms with Gasteiger partial charge in [0.05, 0.1) is 11.4 Å². The van der Waals surface area contributed by atoms with Crippen molar-refractivity contribution in [1.82, 2.24) is 19.0 Å². The van der Waals surface area contributed by atoms with E-state index in [4.69, 9.17) is 0 Å². The number of carbonyl (C=O) groups excluding carboxylic acids is 1. The van der Waals surface area contributed by atoms with Gasteiger partial charge in [-0.3, -0.25) is 9.20 Å². The molecule has 7 nitrogen and oxygen atoms in total. The normalized spacial score (nSPS) is 21.5. The van der Waals surface area contributed by atoms with Crippen molar-refractivity contribution < 1.29 is 13.2 Å². The molecule has 1 atom stereocenters. The summed E-state index contributed by atoms with van der Waals surface area (Å²) in [4.78, 5) is 18.7. The van der Waals surface area contributed by atoms with Gasteiger partial charge in [-0.1, -0.05) is 6.07 Å². The summed E-state index contributed by atoms with van der Waals surface area (Å²) in [6.45, 7) is 2.64. The van der Waals surface area contributed by atoms with E-state index in [0.717, 1.165) is 18.4 Å². The SMILES string of the molecule is Cc1ccc2ncc(C(=O)N3CCC(S(=O)(=O)NC4CC4)C3)n2c1. The van der Waals surface area contributed by atoms with Crippen molar-refractivity contribution >= 4 is 21.6 Å². The smallest absolute Gasteiger partial charge is 0.272 e. The molecule has 0 bridgehead atoms. The fraction of sp³-hybridized carbons (Fsp3) is 0.500. The number of amides is 1. The van der Waals surface area contributed by atoms with Crippen molar-refractivity contribution in [3.63, 3.8) is 0 Å². The number of rotatable bonds is 4. The standard InChI is InChI=1S/C16H20N4O3S/c1-11-2-5-15-17-8-14(20(15)9-11)16(21)19-7-6-13(10-19)24(22,23)18-12-3-4-12/h2,5,8-9,12-13,18H,3-4,6-7,10H2,1H3. The van der Waals surface area contributed by atoms with Gasteiger partial charge in [-0.15, -0.1) is 0 Å². The van der Waals surface area contributed by atoms with Gasteiger partial charge in [0.25, 0.3) is 5.91 Å². The molecule has 1 amide bonds. The molecule has 0 radical (unpaired) electrons. The molecule has 0 spiro atoms. The molecule has 1 aliphatic heterocycles. The molecule has 8 heteroatoms. The number of hydrogen-bond acceptors (Lipinski definition) is 4. The van der Waals surface area contributed by atoms with E-state index in [0.29, 0.717) is 24.3 Å². The van der Waals surface area contributed by atoms with Crippen molar-refractivity contribution in [2.45, 2.75) is 37.5 Å². The minimum absolute atomic E-state index is 0.0986. The highest BCUT2D eigenvalue weighted by Crippen LogP contribution is 2.24. The lowest BCUT2D eigenvalue weighted by molar-refractivity contribution is 0.0786. The van der Waals surface area contributed by atoms with Crippen LogP contribution in [0.1, 0.15) is 35.3 Å². The summed E-state index contributed by atoms with van der Waals surface area (Å²) < 4.78 is 29.1. The highest BCUT2D eigenvalue weighted by Gasteiger charge is 2.38. The van der Waals surface area contributed by atoms with Crippen LogP contribution in [0.5, 0.6) is 0 Å². The molecular weight excluding hydrogens is 328 g/mol. The van der Waals surface area contributed by atoms with E-state index in [1.54, 1.807) is 15.5 Å². The summed E-state index contributed by atoms with van der Waals surface area (Å²) in [6.07, 6.45) is 5.73. The van der Waals surface area contributed by atoms with E-state index in [-0.39, 0.29) is 18.5 Å². The molecule has 128 valence electrons. The number of pyridine rings is 1. The summed E-state index contributed by atoms with van der Waals surface area (Å²) in [5, 5.41) is -0.525. The second-order valence-electron chi connectivity index (χ2n) is 6.68. The van der Waals surface area contributed by atoms with Crippen molar-refractivity contribution in [3.8, 4) is 0 Å². The Morgan fingerprint density at radius 2 is 2.08 bits per heavy atom. The maximum atomic E-state index is 12.8. The van der Waals surface area contributed by atoms with Crippen molar-refractivity contribution in [1.29, 1.82) is 0 Å². The molecule has 3 heterocycles. The van der Waals surface area contributed by atoms with Crippen LogP contribution in [0, 0.1) is 6.92 Å². The number of likely N-dealkylation sites (tertiary alicyclic amines) is 1. The Morgan fingerprint density at radius 1 is 1.29 bits per heavy atom. The Kier molecular flexibility index (Phi) is 3.61. The fourth-order valence-corrected chi connectivity index (χ4v) is 4.79. The average Bonchev–Trinajstić information content (AvgIpc) is 3.04. The van der Waals surface area contributed by atoms with Crippen LogP contribution in [-0.2, 0) is 10.0 Å². The van der Waals surface area contributed by atoms with E-state index in [2.05, 4.69) is 9.71 Å². The first-order chi connectivity index (χ1) is 11.4. The van der Waals surface area contributed by atoms with Gasteiger partial charge in [-0.25, -0.2) is 18.1 Å². The first-order valence-electron chi connectivity index (χ1n) is 8.18. The number of fused-ring (bicyclic) bond motifs is 1. The van der Waals surface area contributed by atoms with E-state index >= 15 is 0 Å². The van der Waals surface area contributed by atoms with Crippen LogP contribution in [0.3, 0.4) is 0 Å². The van der Waals surface area contributed by atoms with E-state index < -0.39 is 15.3 Å². The molecular formula is C16H20N4O3S. The molecule has 24 heavy (non-hydrogen) atoms. The van der Waals surface area contributed by atoms with Crippen molar-refractivity contribution in [2.75, 3.05) is 13.1 Å². The van der Waals surface area contributed by atoms with Gasteiger partial charge in [-0.2, -0.15) is 0 Å². The number of nitrogens with zero attached hydrogens (tertiary/aromatic N) is 3. The van der Waals surface area contributed by atoms with Gasteiger partial charge in [0, 0.05) is 25.3 Å². The third-order valence-corrected chi connectivity index (χ3v) is 6.58. The molecule has 2 aromatic rings. The van der Waals surface area contributed by atoms with Crippen molar-refractivity contribution in [2.24, 2.45) is 0 Å². The van der Waals surface area contributed by atoms with Crippen LogP contribution in [0.25, 0.3) is 5.65 Å².